The number of carbonyl (C=O) groups excluding carboxylic acids is 2. The van der Waals surface area contributed by atoms with Crippen molar-refractivity contribution in [3.8, 4) is 11.5 Å². The number of phenolic OH excluding ortho intramolecular Hbond substituents is 1. The Balaban J connectivity index is 1.36. The highest BCUT2D eigenvalue weighted by molar-refractivity contribution is 5.80. The molecule has 2 bridgehead atoms. The van der Waals surface area contributed by atoms with Gasteiger partial charge in [0.15, 0.2) is 11.5 Å². The molecule has 0 unspecified atom stereocenters. The summed E-state index contributed by atoms with van der Waals surface area (Å²) in [5, 5.41) is 28.3. The normalized spacial score (nSPS) is 33.7. The van der Waals surface area contributed by atoms with Gasteiger partial charge in [-0.15, -0.1) is 0 Å². The van der Waals surface area contributed by atoms with E-state index in [1.54, 1.807) is 6.07 Å². The van der Waals surface area contributed by atoms with Gasteiger partial charge in [0.2, 0.25) is 11.8 Å². The summed E-state index contributed by atoms with van der Waals surface area (Å²) in [6, 6.07) is 3.18. The molecule has 1 aromatic rings. The first kappa shape index (κ1) is 22.4. The first-order valence-electron chi connectivity index (χ1n) is 11.6. The molecule has 5 rings (SSSR count). The third-order valence-corrected chi connectivity index (χ3v) is 8.01. The predicted molar refractivity (Wildman–Crippen MR) is 118 cm³/mol. The van der Waals surface area contributed by atoms with Gasteiger partial charge in [-0.2, -0.15) is 0 Å². The molecule has 180 valence electrons. The fraction of sp³-hybridized carbons (Fsp3) is 0.652. The number of aromatic hydroxyl groups is 1. The van der Waals surface area contributed by atoms with Crippen LogP contribution in [0.1, 0.15) is 30.4 Å². The lowest BCUT2D eigenvalue weighted by Gasteiger charge is -2.63. The average molecular weight is 461 g/mol. The summed E-state index contributed by atoms with van der Waals surface area (Å²) in [5.74, 6) is -0.174. The lowest BCUT2D eigenvalue weighted by Crippen LogP contribution is -2.77. The number of hydrogen-bond acceptors (Lipinski definition) is 8. The first-order valence-corrected chi connectivity index (χ1v) is 11.6. The number of nitrogens with two attached hydrogens (primary N) is 1. The van der Waals surface area contributed by atoms with Crippen LogP contribution in [0.5, 0.6) is 11.5 Å². The smallest absolute Gasteiger partial charge is 0.246 e. The van der Waals surface area contributed by atoms with Crippen molar-refractivity contribution in [3.63, 3.8) is 0 Å². The second-order valence-electron chi connectivity index (χ2n) is 9.68. The molecule has 0 aromatic heterocycles. The lowest BCUT2D eigenvalue weighted by molar-refractivity contribution is -0.187. The van der Waals surface area contributed by atoms with Crippen LogP contribution in [0.4, 0.5) is 0 Å². The molecule has 4 aliphatic rings. The summed E-state index contributed by atoms with van der Waals surface area (Å²) in [6.07, 6.45) is 1.94. The summed E-state index contributed by atoms with van der Waals surface area (Å²) in [7, 11) is 2.04. The van der Waals surface area contributed by atoms with Crippen molar-refractivity contribution in [3.05, 3.63) is 23.3 Å². The maximum atomic E-state index is 12.6. The molecule has 1 aromatic carbocycles. The van der Waals surface area contributed by atoms with Gasteiger partial charge < -0.3 is 41.0 Å². The number of phenols is 1. The first-order chi connectivity index (χ1) is 15.8. The number of nitrogens with one attached hydrogen (secondary N) is 2. The molecule has 5 atom stereocenters. The van der Waals surface area contributed by atoms with Gasteiger partial charge >= 0.3 is 0 Å². The zero-order valence-corrected chi connectivity index (χ0v) is 18.8. The third-order valence-electron chi connectivity index (χ3n) is 8.01. The summed E-state index contributed by atoms with van der Waals surface area (Å²) in [6.45, 7) is 0.999. The van der Waals surface area contributed by atoms with Crippen molar-refractivity contribution in [1.29, 1.82) is 0 Å². The molecule has 2 heterocycles. The molecule has 2 aliphatic carbocycles. The fourth-order valence-corrected chi connectivity index (χ4v) is 6.65. The molecule has 1 saturated heterocycles. The van der Waals surface area contributed by atoms with Crippen LogP contribution in [0.3, 0.4) is 0 Å². The number of rotatable bonds is 7. The van der Waals surface area contributed by atoms with Crippen LogP contribution < -0.4 is 21.1 Å². The van der Waals surface area contributed by atoms with Crippen LogP contribution in [0, 0.1) is 0 Å². The Morgan fingerprint density at radius 1 is 1.30 bits per heavy atom. The van der Waals surface area contributed by atoms with E-state index in [0.29, 0.717) is 44.5 Å². The Kier molecular flexibility index (Phi) is 5.51. The highest BCUT2D eigenvalue weighted by atomic mass is 16.5. The predicted octanol–water partition coefficient (Wildman–Crippen LogP) is -1.25. The van der Waals surface area contributed by atoms with E-state index in [0.717, 1.165) is 17.7 Å². The monoisotopic (exact) mass is 460 g/mol. The molecule has 6 N–H and O–H groups in total. The SMILES string of the molecule is CN1CC[C@]23c4c5ccc(O)c4O[C@H]2[C@@H](NC(=O)COCC(=O)NCCN)CC[C@@]3(O)[C@H]1C5. The molecule has 2 fully saturated rings. The maximum absolute atomic E-state index is 12.6. The van der Waals surface area contributed by atoms with Gasteiger partial charge in [-0.3, -0.25) is 9.59 Å². The van der Waals surface area contributed by atoms with Crippen LogP contribution in [0.25, 0.3) is 0 Å². The topological polar surface area (TPSA) is 146 Å². The van der Waals surface area contributed by atoms with Gasteiger partial charge in [0.05, 0.1) is 17.1 Å². The minimum absolute atomic E-state index is 0.0487. The number of hydrogen-bond donors (Lipinski definition) is 5. The molecule has 33 heavy (non-hydrogen) atoms. The number of aliphatic hydroxyl groups is 1. The van der Waals surface area contributed by atoms with Crippen LogP contribution in [0.2, 0.25) is 0 Å². The van der Waals surface area contributed by atoms with Gasteiger partial charge in [0.1, 0.15) is 19.3 Å². The zero-order chi connectivity index (χ0) is 23.4. The molecular weight excluding hydrogens is 428 g/mol. The van der Waals surface area contributed by atoms with E-state index >= 15 is 0 Å². The standard InChI is InChI=1S/C23H32N4O6/c1-27-9-6-22-19-13-2-3-15(28)20(19)33-21(22)14(4-5-23(22,31)16(27)10-13)26-18(30)12-32-11-17(29)25-8-7-24/h2-3,14,16,21,28,31H,4-12,24H2,1H3,(H,25,29)(H,26,30)/t14-,16+,21-,22-,23+/m0/s1. The van der Waals surface area contributed by atoms with Crippen molar-refractivity contribution < 1.29 is 29.3 Å². The second-order valence-corrected chi connectivity index (χ2v) is 9.68. The van der Waals surface area contributed by atoms with Gasteiger partial charge in [0, 0.05) is 24.7 Å². The van der Waals surface area contributed by atoms with Gasteiger partial charge in [-0.1, -0.05) is 6.07 Å². The van der Waals surface area contributed by atoms with Crippen LogP contribution in [-0.2, 0) is 26.2 Å². The number of ether oxygens (including phenoxy) is 2. The summed E-state index contributed by atoms with van der Waals surface area (Å²) in [4.78, 5) is 26.5. The van der Waals surface area contributed by atoms with Gasteiger partial charge in [-0.25, -0.2) is 0 Å². The summed E-state index contributed by atoms with van der Waals surface area (Å²) in [5.41, 5.74) is 5.65. The largest absolute Gasteiger partial charge is 0.504 e. The van der Waals surface area contributed by atoms with Crippen LogP contribution in [-0.4, -0.2) is 90.6 Å². The Morgan fingerprint density at radius 2 is 2.09 bits per heavy atom. The number of likely N-dealkylation sites (N-methyl/N-ethyl adjacent to an activating group) is 1. The molecule has 1 saturated carbocycles. The molecular formula is C23H32N4O6. The van der Waals surface area contributed by atoms with Crippen molar-refractivity contribution in [1.82, 2.24) is 15.5 Å². The van der Waals surface area contributed by atoms with Crippen molar-refractivity contribution in [2.75, 3.05) is 39.9 Å². The van der Waals surface area contributed by atoms with E-state index in [4.69, 9.17) is 15.2 Å². The van der Waals surface area contributed by atoms with Gasteiger partial charge in [0.25, 0.3) is 0 Å². The Hall–Kier alpha value is -2.40. The number of nitrogens with zero attached hydrogens (tertiary/aromatic N) is 1. The zero-order valence-electron chi connectivity index (χ0n) is 18.8. The van der Waals surface area contributed by atoms with E-state index in [1.807, 2.05) is 13.1 Å². The summed E-state index contributed by atoms with van der Waals surface area (Å²) >= 11 is 0. The second kappa shape index (κ2) is 8.12. The molecule has 1 spiro atoms. The number of benzene rings is 1. The fourth-order valence-electron chi connectivity index (χ4n) is 6.65. The lowest BCUT2D eigenvalue weighted by atomic mass is 9.48. The minimum Gasteiger partial charge on any atom is -0.504 e. The minimum atomic E-state index is -1.00. The molecule has 0 radical (unpaired) electrons. The van der Waals surface area contributed by atoms with E-state index < -0.39 is 17.1 Å². The third kappa shape index (κ3) is 3.23. The van der Waals surface area contributed by atoms with Crippen molar-refractivity contribution >= 4 is 11.8 Å². The Bertz CT molecular complexity index is 973. The highest BCUT2D eigenvalue weighted by Crippen LogP contribution is 2.65. The maximum Gasteiger partial charge on any atom is 0.246 e. The Morgan fingerprint density at radius 3 is 2.88 bits per heavy atom. The van der Waals surface area contributed by atoms with E-state index in [2.05, 4.69) is 15.5 Å². The molecule has 10 nitrogen and oxygen atoms in total. The van der Waals surface area contributed by atoms with Crippen molar-refractivity contribution in [2.45, 2.75) is 54.9 Å². The molecule has 10 heteroatoms. The number of piperidine rings is 1. The molecule has 2 aliphatic heterocycles. The average Bonchev–Trinajstić information content (AvgIpc) is 3.14. The van der Waals surface area contributed by atoms with E-state index in [9.17, 15) is 19.8 Å². The van der Waals surface area contributed by atoms with E-state index in [1.165, 1.54) is 0 Å². The molecule has 2 amide bonds. The number of carbonyl (C=O) groups is 2. The Labute approximate surface area is 192 Å². The van der Waals surface area contributed by atoms with Gasteiger partial charge in [-0.05, 0) is 50.9 Å². The van der Waals surface area contributed by atoms with Crippen LogP contribution in [0.15, 0.2) is 12.1 Å². The number of likely N-dealkylation sites (tertiary alicyclic amines) is 1. The summed E-state index contributed by atoms with van der Waals surface area (Å²) < 4.78 is 11.6. The number of amides is 2. The van der Waals surface area contributed by atoms with E-state index in [-0.39, 0.29) is 42.9 Å². The quantitative estimate of drug-likeness (QED) is 0.339. The highest BCUT2D eigenvalue weighted by Gasteiger charge is 2.72. The van der Waals surface area contributed by atoms with Crippen molar-refractivity contribution in [2.24, 2.45) is 5.73 Å². The van der Waals surface area contributed by atoms with Crippen LogP contribution >= 0.6 is 0 Å².